The molecule has 4 aromatic rings. The lowest BCUT2D eigenvalue weighted by Gasteiger charge is -2.26. The van der Waals surface area contributed by atoms with Gasteiger partial charge in [-0.2, -0.15) is 0 Å². The number of aliphatic hydroxyl groups is 1. The highest BCUT2D eigenvalue weighted by molar-refractivity contribution is 6.07. The highest BCUT2D eigenvalue weighted by Crippen LogP contribution is 2.32. The monoisotopic (exact) mass is 375 g/mol. The Hall–Kier alpha value is -2.63. The molecule has 28 heavy (non-hydrogen) atoms. The van der Waals surface area contributed by atoms with Gasteiger partial charge in [0.2, 0.25) is 0 Å². The molecular formula is C23H25N3O2. The minimum absolute atomic E-state index is 0.241. The second-order valence-corrected chi connectivity index (χ2v) is 7.81. The number of aliphatic hydroxyl groups excluding tert-OH is 1. The summed E-state index contributed by atoms with van der Waals surface area (Å²) in [7, 11) is 0. The standard InChI is InChI=1S/C23H25N3O2/c1-16-13-20(24-28-16)23-11-6-12-25(23)14-17(27)15-26-21-9-4-2-7-18(21)19-8-3-5-10-22(19)26/h2-5,7-10,13,17,23,27H,6,11-12,14-15H2,1H3/t17-,23+/m1/s1. The molecule has 5 nitrogen and oxygen atoms in total. The molecule has 2 aromatic heterocycles. The van der Waals surface area contributed by atoms with E-state index in [4.69, 9.17) is 4.52 Å². The molecule has 0 radical (unpaired) electrons. The number of fused-ring (bicyclic) bond motifs is 3. The van der Waals surface area contributed by atoms with Gasteiger partial charge in [-0.25, -0.2) is 0 Å². The zero-order chi connectivity index (χ0) is 19.1. The molecule has 1 aliphatic heterocycles. The van der Waals surface area contributed by atoms with Crippen molar-refractivity contribution >= 4 is 21.8 Å². The quantitative estimate of drug-likeness (QED) is 0.565. The molecule has 1 aliphatic rings. The molecule has 0 bridgehead atoms. The first-order valence-corrected chi connectivity index (χ1v) is 10.0. The summed E-state index contributed by atoms with van der Waals surface area (Å²) in [5.41, 5.74) is 3.33. The minimum Gasteiger partial charge on any atom is -0.390 e. The average molecular weight is 375 g/mol. The third-order valence-electron chi connectivity index (χ3n) is 5.87. The Bertz CT molecular complexity index is 1060. The van der Waals surface area contributed by atoms with Crippen LogP contribution in [0.5, 0.6) is 0 Å². The maximum absolute atomic E-state index is 11.0. The van der Waals surface area contributed by atoms with E-state index in [0.29, 0.717) is 13.1 Å². The van der Waals surface area contributed by atoms with Crippen molar-refractivity contribution in [2.75, 3.05) is 13.1 Å². The number of hydrogen-bond donors (Lipinski definition) is 1. The molecule has 0 spiro atoms. The number of aryl methyl sites for hydroxylation is 1. The van der Waals surface area contributed by atoms with E-state index in [2.05, 4.69) is 63.2 Å². The number of hydrogen-bond acceptors (Lipinski definition) is 4. The highest BCUT2D eigenvalue weighted by atomic mass is 16.5. The van der Waals surface area contributed by atoms with Crippen molar-refractivity contribution in [3.8, 4) is 0 Å². The number of benzene rings is 2. The van der Waals surface area contributed by atoms with Gasteiger partial charge in [-0.15, -0.1) is 0 Å². The normalized spacial score (nSPS) is 19.0. The average Bonchev–Trinajstić information content (AvgIpc) is 3.41. The first-order chi connectivity index (χ1) is 13.7. The summed E-state index contributed by atoms with van der Waals surface area (Å²) in [5.74, 6) is 0.840. The molecule has 0 saturated carbocycles. The maximum atomic E-state index is 11.0. The van der Waals surface area contributed by atoms with Gasteiger partial charge in [-0.3, -0.25) is 4.90 Å². The number of likely N-dealkylation sites (tertiary alicyclic amines) is 1. The lowest BCUT2D eigenvalue weighted by molar-refractivity contribution is 0.0922. The van der Waals surface area contributed by atoms with Crippen LogP contribution in [0.4, 0.5) is 0 Å². The van der Waals surface area contributed by atoms with Gasteiger partial charge in [0.25, 0.3) is 0 Å². The highest BCUT2D eigenvalue weighted by Gasteiger charge is 2.30. The molecule has 2 aromatic carbocycles. The van der Waals surface area contributed by atoms with Gasteiger partial charge in [0, 0.05) is 34.4 Å². The summed E-state index contributed by atoms with van der Waals surface area (Å²) in [6, 6.07) is 19.1. The van der Waals surface area contributed by atoms with Gasteiger partial charge in [-0.1, -0.05) is 41.6 Å². The molecule has 1 fully saturated rings. The van der Waals surface area contributed by atoms with Gasteiger partial charge in [0.1, 0.15) is 11.5 Å². The Labute approximate surface area is 164 Å². The molecule has 3 heterocycles. The largest absolute Gasteiger partial charge is 0.390 e. The molecule has 144 valence electrons. The number of rotatable bonds is 5. The predicted octanol–water partition coefficient (Wildman–Crippen LogP) is 4.29. The third-order valence-corrected chi connectivity index (χ3v) is 5.87. The Morgan fingerprint density at radius 1 is 1.07 bits per heavy atom. The van der Waals surface area contributed by atoms with E-state index >= 15 is 0 Å². The molecule has 1 N–H and O–H groups in total. The fourth-order valence-electron chi connectivity index (χ4n) is 4.66. The van der Waals surface area contributed by atoms with Crippen LogP contribution in [-0.4, -0.2) is 38.9 Å². The second kappa shape index (κ2) is 7.08. The van der Waals surface area contributed by atoms with E-state index in [9.17, 15) is 5.11 Å². The number of aromatic nitrogens is 2. The minimum atomic E-state index is -0.451. The van der Waals surface area contributed by atoms with Gasteiger partial charge in [0.15, 0.2) is 0 Å². The first-order valence-electron chi connectivity index (χ1n) is 10.0. The van der Waals surface area contributed by atoms with Crippen LogP contribution in [0.2, 0.25) is 0 Å². The van der Waals surface area contributed by atoms with Gasteiger partial charge in [-0.05, 0) is 38.4 Å². The Morgan fingerprint density at radius 2 is 1.75 bits per heavy atom. The topological polar surface area (TPSA) is 54.4 Å². The van der Waals surface area contributed by atoms with Crippen LogP contribution in [0.15, 0.2) is 59.1 Å². The van der Waals surface area contributed by atoms with Crippen LogP contribution in [-0.2, 0) is 6.54 Å². The molecule has 5 heteroatoms. The maximum Gasteiger partial charge on any atom is 0.133 e. The summed E-state index contributed by atoms with van der Waals surface area (Å²) in [4.78, 5) is 2.34. The molecule has 0 unspecified atom stereocenters. The zero-order valence-corrected chi connectivity index (χ0v) is 16.1. The van der Waals surface area contributed by atoms with E-state index in [1.165, 1.54) is 21.8 Å². The Balaban J connectivity index is 1.40. The summed E-state index contributed by atoms with van der Waals surface area (Å²) < 4.78 is 7.52. The van der Waals surface area contributed by atoms with Gasteiger partial charge < -0.3 is 14.2 Å². The van der Waals surface area contributed by atoms with Crippen LogP contribution < -0.4 is 0 Å². The van der Waals surface area contributed by atoms with Crippen molar-refractivity contribution in [1.82, 2.24) is 14.6 Å². The summed E-state index contributed by atoms with van der Waals surface area (Å²) in [6.07, 6.45) is 1.74. The second-order valence-electron chi connectivity index (χ2n) is 7.81. The van der Waals surface area contributed by atoms with Crippen molar-refractivity contribution in [3.63, 3.8) is 0 Å². The molecule has 5 rings (SSSR count). The van der Waals surface area contributed by atoms with Crippen LogP contribution in [0.25, 0.3) is 21.8 Å². The first kappa shape index (κ1) is 17.5. The van der Waals surface area contributed by atoms with E-state index in [1.807, 2.05) is 13.0 Å². The SMILES string of the molecule is Cc1cc([C@@H]2CCCN2C[C@@H](O)Cn2c3ccccc3c3ccccc32)no1. The van der Waals surface area contributed by atoms with Crippen LogP contribution in [0.3, 0.4) is 0 Å². The van der Waals surface area contributed by atoms with E-state index in [0.717, 1.165) is 30.8 Å². The van der Waals surface area contributed by atoms with Crippen LogP contribution in [0, 0.1) is 6.92 Å². The Kier molecular flexibility index (Phi) is 4.41. The fraction of sp³-hybridized carbons (Fsp3) is 0.348. The third kappa shape index (κ3) is 3.01. The molecule has 0 amide bonds. The number of para-hydroxylation sites is 2. The van der Waals surface area contributed by atoms with Crippen LogP contribution in [0.1, 0.15) is 30.3 Å². The van der Waals surface area contributed by atoms with E-state index in [-0.39, 0.29) is 6.04 Å². The van der Waals surface area contributed by atoms with E-state index < -0.39 is 6.10 Å². The summed E-state index contributed by atoms with van der Waals surface area (Å²) >= 11 is 0. The molecular weight excluding hydrogens is 350 g/mol. The lowest BCUT2D eigenvalue weighted by Crippen LogP contribution is -2.34. The Morgan fingerprint density at radius 3 is 2.39 bits per heavy atom. The van der Waals surface area contributed by atoms with Crippen molar-refractivity contribution in [2.24, 2.45) is 0 Å². The molecule has 1 saturated heterocycles. The fourth-order valence-corrected chi connectivity index (χ4v) is 4.66. The lowest BCUT2D eigenvalue weighted by atomic mass is 10.1. The zero-order valence-electron chi connectivity index (χ0n) is 16.1. The van der Waals surface area contributed by atoms with Gasteiger partial charge >= 0.3 is 0 Å². The van der Waals surface area contributed by atoms with Crippen LogP contribution >= 0.6 is 0 Å². The van der Waals surface area contributed by atoms with Gasteiger partial charge in [0.05, 0.1) is 18.7 Å². The molecule has 2 atom stereocenters. The van der Waals surface area contributed by atoms with E-state index in [1.54, 1.807) is 0 Å². The van der Waals surface area contributed by atoms with Crippen molar-refractivity contribution in [3.05, 3.63) is 66.1 Å². The summed E-state index contributed by atoms with van der Waals surface area (Å²) in [6.45, 7) is 4.13. The number of β-amino-alcohol motifs (C(OH)–C–C–N with tert-alkyl or cyclic N) is 1. The van der Waals surface area contributed by atoms with Crippen molar-refractivity contribution in [1.29, 1.82) is 0 Å². The van der Waals surface area contributed by atoms with Crippen molar-refractivity contribution in [2.45, 2.75) is 38.5 Å². The predicted molar refractivity (Wildman–Crippen MR) is 110 cm³/mol. The number of nitrogens with zero attached hydrogens (tertiary/aromatic N) is 3. The summed E-state index contributed by atoms with van der Waals surface area (Å²) in [5, 5.41) is 17.6. The van der Waals surface area contributed by atoms with Crippen molar-refractivity contribution < 1.29 is 9.63 Å². The molecule has 0 aliphatic carbocycles. The smallest absolute Gasteiger partial charge is 0.133 e.